The van der Waals surface area contributed by atoms with Crippen LogP contribution < -0.4 is 10.2 Å². The van der Waals surface area contributed by atoms with E-state index in [0.717, 1.165) is 6.07 Å². The van der Waals surface area contributed by atoms with Crippen LogP contribution in [0.25, 0.3) is 0 Å². The molecule has 0 spiro atoms. The molecule has 1 saturated carbocycles. The number of anilines is 1. The maximum absolute atomic E-state index is 14.4. The highest BCUT2D eigenvalue weighted by Crippen LogP contribution is 2.39. The van der Waals surface area contributed by atoms with Crippen LogP contribution in [-0.4, -0.2) is 67.0 Å². The Labute approximate surface area is 219 Å². The number of carbonyl (C=O) groups is 2. The summed E-state index contributed by atoms with van der Waals surface area (Å²) in [6, 6.07) is 10.1. The first-order valence-corrected chi connectivity index (χ1v) is 13.9. The summed E-state index contributed by atoms with van der Waals surface area (Å²) in [5.41, 5.74) is 1.25. The molecule has 2 heterocycles. The van der Waals surface area contributed by atoms with Gasteiger partial charge in [0.1, 0.15) is 11.9 Å². The number of alkyl halides is 2. The van der Waals surface area contributed by atoms with Crippen molar-refractivity contribution in [2.45, 2.75) is 44.2 Å². The van der Waals surface area contributed by atoms with Crippen LogP contribution in [0.2, 0.25) is 0 Å². The van der Waals surface area contributed by atoms with Crippen molar-refractivity contribution in [1.82, 2.24) is 13.9 Å². The molecule has 3 fully saturated rings. The molecule has 2 aromatic rings. The zero-order valence-electron chi connectivity index (χ0n) is 20.8. The molecule has 1 N–H and O–H groups in total. The zero-order chi connectivity index (χ0) is 27.2. The average molecular weight is 551 g/mol. The monoisotopic (exact) mass is 550 g/mol. The van der Waals surface area contributed by atoms with Crippen LogP contribution in [0.15, 0.2) is 48.5 Å². The molecule has 1 aliphatic carbocycles. The van der Waals surface area contributed by atoms with E-state index >= 15 is 0 Å². The number of halogens is 3. The van der Waals surface area contributed by atoms with E-state index in [1.165, 1.54) is 31.7 Å². The Morgan fingerprint density at radius 2 is 1.76 bits per heavy atom. The predicted octanol–water partition coefficient (Wildman–Crippen LogP) is 3.00. The predicted molar refractivity (Wildman–Crippen MR) is 134 cm³/mol. The number of benzene rings is 2. The van der Waals surface area contributed by atoms with Crippen molar-refractivity contribution >= 4 is 27.7 Å². The lowest BCUT2D eigenvalue weighted by Gasteiger charge is -2.39. The topological polar surface area (TPSA) is 89.8 Å². The van der Waals surface area contributed by atoms with Crippen LogP contribution in [0.3, 0.4) is 0 Å². The quantitative estimate of drug-likeness (QED) is 0.512. The Hall–Kier alpha value is -2.96. The standard InChI is InChI=1S/C26H29F3N4O4S/c1-17-5-2-3-8-22(17)23(24(34)30-20-14-26(28,29)15-20)33(21-7-4-6-19(27)13-21)25(35)18-9-10-32(16-18)38(36,37)31-11-12-31/h2-8,13,18,20,23H,9-12,14-16H2,1H3,(H,30,34)/t18-,23+/m1/s1. The van der Waals surface area contributed by atoms with Gasteiger partial charge in [0.25, 0.3) is 16.1 Å². The second-order valence-electron chi connectivity index (χ2n) is 10.2. The fourth-order valence-electron chi connectivity index (χ4n) is 5.13. The highest BCUT2D eigenvalue weighted by atomic mass is 32.2. The van der Waals surface area contributed by atoms with Gasteiger partial charge >= 0.3 is 0 Å². The molecule has 2 aromatic carbocycles. The molecule has 204 valence electrons. The van der Waals surface area contributed by atoms with Gasteiger partial charge < -0.3 is 5.32 Å². The van der Waals surface area contributed by atoms with Crippen LogP contribution in [0.4, 0.5) is 18.9 Å². The van der Waals surface area contributed by atoms with Crippen molar-refractivity contribution < 1.29 is 31.2 Å². The lowest BCUT2D eigenvalue weighted by atomic mass is 9.87. The van der Waals surface area contributed by atoms with Crippen molar-refractivity contribution in [3.05, 3.63) is 65.5 Å². The van der Waals surface area contributed by atoms with Crippen LogP contribution in [-0.2, 0) is 19.8 Å². The fourth-order valence-corrected chi connectivity index (χ4v) is 6.71. The van der Waals surface area contributed by atoms with Gasteiger partial charge in [-0.05, 0) is 42.7 Å². The molecule has 5 rings (SSSR count). The van der Waals surface area contributed by atoms with E-state index in [0.29, 0.717) is 24.2 Å². The largest absolute Gasteiger partial charge is 0.351 e. The molecule has 0 unspecified atom stereocenters. The van der Waals surface area contributed by atoms with E-state index in [1.807, 2.05) is 0 Å². The molecular weight excluding hydrogens is 521 g/mol. The molecule has 2 aliphatic heterocycles. The molecule has 2 amide bonds. The number of nitrogens with one attached hydrogen (secondary N) is 1. The Morgan fingerprint density at radius 1 is 1.05 bits per heavy atom. The van der Waals surface area contributed by atoms with Gasteiger partial charge in [0.15, 0.2) is 0 Å². The van der Waals surface area contributed by atoms with Gasteiger partial charge in [0, 0.05) is 50.7 Å². The summed E-state index contributed by atoms with van der Waals surface area (Å²) in [5.74, 6) is -5.46. The van der Waals surface area contributed by atoms with Crippen LogP contribution in [0.5, 0.6) is 0 Å². The highest BCUT2D eigenvalue weighted by molar-refractivity contribution is 7.87. The van der Waals surface area contributed by atoms with E-state index in [2.05, 4.69) is 5.32 Å². The normalized spacial score (nSPS) is 22.5. The minimum atomic E-state index is -3.66. The molecule has 0 bridgehead atoms. The van der Waals surface area contributed by atoms with E-state index < -0.39 is 64.6 Å². The molecule has 12 heteroatoms. The average Bonchev–Trinajstić information content (AvgIpc) is 3.58. The van der Waals surface area contributed by atoms with Gasteiger partial charge in [-0.15, -0.1) is 0 Å². The maximum atomic E-state index is 14.4. The van der Waals surface area contributed by atoms with Gasteiger partial charge in [-0.25, -0.2) is 13.2 Å². The second-order valence-corrected chi connectivity index (χ2v) is 12.1. The van der Waals surface area contributed by atoms with E-state index in [1.54, 1.807) is 31.2 Å². The Morgan fingerprint density at radius 3 is 2.39 bits per heavy atom. The summed E-state index contributed by atoms with van der Waals surface area (Å²) in [6.45, 7) is 2.70. The van der Waals surface area contributed by atoms with Crippen LogP contribution >= 0.6 is 0 Å². The van der Waals surface area contributed by atoms with Crippen molar-refractivity contribution in [3.8, 4) is 0 Å². The minimum absolute atomic E-state index is 0.0690. The van der Waals surface area contributed by atoms with Crippen LogP contribution in [0.1, 0.15) is 36.4 Å². The summed E-state index contributed by atoms with van der Waals surface area (Å²) >= 11 is 0. The number of amides is 2. The summed E-state index contributed by atoms with van der Waals surface area (Å²) in [4.78, 5) is 29.0. The first-order valence-electron chi connectivity index (χ1n) is 12.5. The Kier molecular flexibility index (Phi) is 6.99. The van der Waals surface area contributed by atoms with Gasteiger partial charge in [-0.3, -0.25) is 14.5 Å². The highest BCUT2D eigenvalue weighted by Gasteiger charge is 2.48. The summed E-state index contributed by atoms with van der Waals surface area (Å²) in [6.07, 6.45) is -0.771. The number of carbonyl (C=O) groups excluding carboxylic acids is 2. The summed E-state index contributed by atoms with van der Waals surface area (Å²) in [5, 5.41) is 2.64. The molecule has 0 radical (unpaired) electrons. The number of hydrogen-bond acceptors (Lipinski definition) is 4. The Bertz CT molecular complexity index is 1340. The summed E-state index contributed by atoms with van der Waals surface area (Å²) < 4.78 is 69.4. The van der Waals surface area contributed by atoms with Crippen molar-refractivity contribution in [2.24, 2.45) is 5.92 Å². The smallest absolute Gasteiger partial charge is 0.282 e. The molecular formula is C26H29F3N4O4S. The molecule has 38 heavy (non-hydrogen) atoms. The number of aryl methyl sites for hydroxylation is 1. The van der Waals surface area contributed by atoms with Crippen molar-refractivity contribution in [1.29, 1.82) is 0 Å². The third-order valence-corrected chi connectivity index (χ3v) is 9.31. The SMILES string of the molecule is Cc1ccccc1[C@@H](C(=O)NC1CC(F)(F)C1)N(C(=O)[C@@H]1CCN(S(=O)(=O)N2CC2)C1)c1cccc(F)c1. The van der Waals surface area contributed by atoms with E-state index in [4.69, 9.17) is 0 Å². The Balaban J connectivity index is 1.51. The number of hydrogen-bond donors (Lipinski definition) is 1. The second kappa shape index (κ2) is 9.97. The lowest BCUT2D eigenvalue weighted by Crippen LogP contribution is -2.54. The maximum Gasteiger partial charge on any atom is 0.282 e. The number of nitrogens with zero attached hydrogens (tertiary/aromatic N) is 3. The van der Waals surface area contributed by atoms with E-state index in [9.17, 15) is 31.2 Å². The van der Waals surface area contributed by atoms with E-state index in [-0.39, 0.29) is 25.2 Å². The van der Waals surface area contributed by atoms with Gasteiger partial charge in [-0.1, -0.05) is 30.3 Å². The molecule has 0 aromatic heterocycles. The van der Waals surface area contributed by atoms with Gasteiger partial charge in [0.2, 0.25) is 11.8 Å². The molecule has 2 saturated heterocycles. The molecule has 8 nitrogen and oxygen atoms in total. The third kappa shape index (κ3) is 5.29. The van der Waals surface area contributed by atoms with Crippen molar-refractivity contribution in [2.75, 3.05) is 31.1 Å². The number of rotatable bonds is 8. The first kappa shape index (κ1) is 26.6. The first-order chi connectivity index (χ1) is 18.0. The van der Waals surface area contributed by atoms with Gasteiger partial charge in [0.05, 0.1) is 5.92 Å². The van der Waals surface area contributed by atoms with Gasteiger partial charge in [-0.2, -0.15) is 17.0 Å². The van der Waals surface area contributed by atoms with Crippen LogP contribution in [0, 0.1) is 18.7 Å². The minimum Gasteiger partial charge on any atom is -0.351 e. The molecule has 2 atom stereocenters. The third-order valence-electron chi connectivity index (χ3n) is 7.31. The van der Waals surface area contributed by atoms with Crippen molar-refractivity contribution in [3.63, 3.8) is 0 Å². The molecule has 3 aliphatic rings. The fraction of sp³-hybridized carbons (Fsp3) is 0.462. The lowest BCUT2D eigenvalue weighted by molar-refractivity contribution is -0.133. The summed E-state index contributed by atoms with van der Waals surface area (Å²) in [7, 11) is -3.66. The zero-order valence-corrected chi connectivity index (χ0v) is 21.6.